The molecule has 0 aromatic heterocycles. The van der Waals surface area contributed by atoms with Crippen molar-refractivity contribution in [1.82, 2.24) is 5.32 Å². The lowest BCUT2D eigenvalue weighted by Crippen LogP contribution is -2.28. The van der Waals surface area contributed by atoms with E-state index in [1.165, 1.54) is 0 Å². The van der Waals surface area contributed by atoms with Gasteiger partial charge in [0, 0.05) is 10.0 Å². The first-order chi connectivity index (χ1) is 11.5. The second kappa shape index (κ2) is 8.81. The molecule has 4 nitrogen and oxygen atoms in total. The molecule has 0 fully saturated rings. The second-order valence-corrected chi connectivity index (χ2v) is 6.05. The van der Waals surface area contributed by atoms with Gasteiger partial charge >= 0.3 is 0 Å². The van der Waals surface area contributed by atoms with Gasteiger partial charge in [0.2, 0.25) is 5.91 Å². The van der Waals surface area contributed by atoms with Gasteiger partial charge in [0.25, 0.3) is 0 Å². The maximum atomic E-state index is 12.1. The highest BCUT2D eigenvalue weighted by molar-refractivity contribution is 6.35. The maximum absolute atomic E-state index is 12.1. The van der Waals surface area contributed by atoms with E-state index in [4.69, 9.17) is 32.7 Å². The predicted octanol–water partition coefficient (Wildman–Crippen LogP) is 4.65. The molecule has 1 unspecified atom stereocenters. The van der Waals surface area contributed by atoms with Crippen LogP contribution in [0, 0.1) is 0 Å². The zero-order valence-corrected chi connectivity index (χ0v) is 15.0. The van der Waals surface area contributed by atoms with Crippen molar-refractivity contribution in [2.24, 2.45) is 0 Å². The van der Waals surface area contributed by atoms with Crippen molar-refractivity contribution in [2.45, 2.75) is 19.4 Å². The Balaban J connectivity index is 1.84. The van der Waals surface area contributed by atoms with E-state index in [9.17, 15) is 4.79 Å². The van der Waals surface area contributed by atoms with Crippen molar-refractivity contribution >= 4 is 29.1 Å². The number of hydrogen-bond acceptors (Lipinski definition) is 3. The molecule has 0 radical (unpaired) electrons. The first-order valence-electron chi connectivity index (χ1n) is 7.51. The maximum Gasteiger partial charge on any atom is 0.223 e. The molecule has 24 heavy (non-hydrogen) atoms. The number of hydrogen-bond donors (Lipinski definition) is 1. The largest absolute Gasteiger partial charge is 0.493 e. The smallest absolute Gasteiger partial charge is 0.223 e. The summed E-state index contributed by atoms with van der Waals surface area (Å²) in [5.41, 5.74) is 0.820. The van der Waals surface area contributed by atoms with Gasteiger partial charge in [-0.2, -0.15) is 0 Å². The first-order valence-corrected chi connectivity index (χ1v) is 8.27. The van der Waals surface area contributed by atoms with Gasteiger partial charge in [-0.1, -0.05) is 41.4 Å². The van der Waals surface area contributed by atoms with Crippen molar-refractivity contribution < 1.29 is 14.3 Å². The summed E-state index contributed by atoms with van der Waals surface area (Å²) < 4.78 is 10.8. The van der Waals surface area contributed by atoms with Crippen molar-refractivity contribution in [3.05, 3.63) is 58.1 Å². The van der Waals surface area contributed by atoms with E-state index in [2.05, 4.69) is 5.32 Å². The fourth-order valence-corrected chi connectivity index (χ4v) is 2.81. The number of amides is 1. The molecule has 0 spiro atoms. The predicted molar refractivity (Wildman–Crippen MR) is 96.1 cm³/mol. The standard InChI is InChI=1S/C18H19Cl2NO3/c1-12(14-8-7-13(19)11-15(14)20)21-18(22)9-10-24-17-6-4-3-5-16(17)23-2/h3-8,11-12H,9-10H2,1-2H3,(H,21,22). The number of rotatable bonds is 7. The van der Waals surface area contributed by atoms with Crippen molar-refractivity contribution in [1.29, 1.82) is 0 Å². The summed E-state index contributed by atoms with van der Waals surface area (Å²) in [6, 6.07) is 12.3. The van der Waals surface area contributed by atoms with Crippen LogP contribution in [0.1, 0.15) is 24.9 Å². The second-order valence-electron chi connectivity index (χ2n) is 5.20. The van der Waals surface area contributed by atoms with Gasteiger partial charge in [0.15, 0.2) is 11.5 Å². The fraction of sp³-hybridized carbons (Fsp3) is 0.278. The van der Waals surface area contributed by atoms with Gasteiger partial charge in [-0.25, -0.2) is 0 Å². The lowest BCUT2D eigenvalue weighted by molar-refractivity contribution is -0.122. The minimum atomic E-state index is -0.214. The molecule has 128 valence electrons. The van der Waals surface area contributed by atoms with E-state index >= 15 is 0 Å². The van der Waals surface area contributed by atoms with Crippen LogP contribution in [-0.4, -0.2) is 19.6 Å². The van der Waals surface area contributed by atoms with Gasteiger partial charge in [0.1, 0.15) is 0 Å². The van der Waals surface area contributed by atoms with Crippen LogP contribution in [0.4, 0.5) is 0 Å². The molecule has 1 amide bonds. The Morgan fingerprint density at radius 1 is 1.17 bits per heavy atom. The van der Waals surface area contributed by atoms with Crippen LogP contribution in [0.15, 0.2) is 42.5 Å². The van der Waals surface area contributed by atoms with Crippen molar-refractivity contribution in [3.63, 3.8) is 0 Å². The summed E-state index contributed by atoms with van der Waals surface area (Å²) in [6.45, 7) is 2.13. The average molecular weight is 368 g/mol. The molecule has 2 rings (SSSR count). The molecule has 2 aromatic carbocycles. The van der Waals surface area contributed by atoms with Crippen molar-refractivity contribution in [3.8, 4) is 11.5 Å². The average Bonchev–Trinajstić information content (AvgIpc) is 2.55. The SMILES string of the molecule is COc1ccccc1OCCC(=O)NC(C)c1ccc(Cl)cc1Cl. The third-order valence-electron chi connectivity index (χ3n) is 3.46. The molecule has 6 heteroatoms. The van der Waals surface area contributed by atoms with Crippen LogP contribution >= 0.6 is 23.2 Å². The lowest BCUT2D eigenvalue weighted by Gasteiger charge is -2.16. The van der Waals surface area contributed by atoms with Crippen LogP contribution < -0.4 is 14.8 Å². The van der Waals surface area contributed by atoms with E-state index in [1.54, 1.807) is 37.4 Å². The number of para-hydroxylation sites is 2. The van der Waals surface area contributed by atoms with Gasteiger partial charge in [-0.05, 0) is 36.8 Å². The summed E-state index contributed by atoms with van der Waals surface area (Å²) in [7, 11) is 1.58. The molecule has 0 aliphatic rings. The first kappa shape index (κ1) is 18.4. The highest BCUT2D eigenvalue weighted by Gasteiger charge is 2.13. The zero-order valence-electron chi connectivity index (χ0n) is 13.5. The van der Waals surface area contributed by atoms with E-state index in [0.29, 0.717) is 21.5 Å². The Labute approximate surface area is 151 Å². The van der Waals surface area contributed by atoms with Crippen LogP contribution in [0.3, 0.4) is 0 Å². The molecule has 2 aromatic rings. The number of nitrogens with one attached hydrogen (secondary N) is 1. The lowest BCUT2D eigenvalue weighted by atomic mass is 10.1. The number of carbonyl (C=O) groups is 1. The molecule has 0 aliphatic carbocycles. The molecule has 0 saturated heterocycles. The summed E-state index contributed by atoms with van der Waals surface area (Å²) in [5, 5.41) is 3.98. The Morgan fingerprint density at radius 2 is 1.88 bits per heavy atom. The Bertz CT molecular complexity index is 706. The molecule has 0 saturated carbocycles. The van der Waals surface area contributed by atoms with Crippen LogP contribution in [0.2, 0.25) is 10.0 Å². The van der Waals surface area contributed by atoms with E-state index in [1.807, 2.05) is 19.1 Å². The molecule has 0 bridgehead atoms. The van der Waals surface area contributed by atoms with Crippen LogP contribution in [0.25, 0.3) is 0 Å². The van der Waals surface area contributed by atoms with E-state index in [0.717, 1.165) is 5.56 Å². The number of carbonyl (C=O) groups excluding carboxylic acids is 1. The highest BCUT2D eigenvalue weighted by atomic mass is 35.5. The van der Waals surface area contributed by atoms with E-state index in [-0.39, 0.29) is 25.0 Å². The van der Waals surface area contributed by atoms with Gasteiger partial charge in [-0.15, -0.1) is 0 Å². The topological polar surface area (TPSA) is 47.6 Å². The zero-order chi connectivity index (χ0) is 17.5. The number of benzene rings is 2. The molecule has 1 N–H and O–H groups in total. The number of halogens is 2. The summed E-state index contributed by atoms with van der Waals surface area (Å²) in [4.78, 5) is 12.1. The minimum Gasteiger partial charge on any atom is -0.493 e. The Morgan fingerprint density at radius 3 is 2.54 bits per heavy atom. The Hall–Kier alpha value is -1.91. The summed E-state index contributed by atoms with van der Waals surface area (Å²) in [6.07, 6.45) is 0.230. The third-order valence-corrected chi connectivity index (χ3v) is 4.02. The fourth-order valence-electron chi connectivity index (χ4n) is 2.24. The monoisotopic (exact) mass is 367 g/mol. The van der Waals surface area contributed by atoms with Crippen LogP contribution in [0.5, 0.6) is 11.5 Å². The Kier molecular flexibility index (Phi) is 6.76. The number of ether oxygens (including phenoxy) is 2. The minimum absolute atomic E-state index is 0.122. The number of methoxy groups -OCH3 is 1. The van der Waals surface area contributed by atoms with Gasteiger partial charge < -0.3 is 14.8 Å². The summed E-state index contributed by atoms with van der Waals surface area (Å²) in [5.74, 6) is 1.13. The molecule has 0 heterocycles. The summed E-state index contributed by atoms with van der Waals surface area (Å²) >= 11 is 12.0. The van der Waals surface area contributed by atoms with E-state index < -0.39 is 0 Å². The molecular formula is C18H19Cl2NO3. The molecule has 1 atom stereocenters. The quantitative estimate of drug-likeness (QED) is 0.774. The normalized spacial score (nSPS) is 11.7. The third kappa shape index (κ3) is 5.05. The molecule has 0 aliphatic heterocycles. The highest BCUT2D eigenvalue weighted by Crippen LogP contribution is 2.27. The van der Waals surface area contributed by atoms with Gasteiger partial charge in [0.05, 0.1) is 26.2 Å². The van der Waals surface area contributed by atoms with Crippen LogP contribution in [-0.2, 0) is 4.79 Å². The van der Waals surface area contributed by atoms with Crippen molar-refractivity contribution in [2.75, 3.05) is 13.7 Å². The molecular weight excluding hydrogens is 349 g/mol. The van der Waals surface area contributed by atoms with Gasteiger partial charge in [-0.3, -0.25) is 4.79 Å².